The molecule has 0 aliphatic rings. The highest BCUT2D eigenvalue weighted by molar-refractivity contribution is 9.10. The normalized spacial score (nSPS) is 16.7. The number of aromatic nitrogens is 1. The average Bonchev–Trinajstić information content (AvgIpc) is 2.12. The molecule has 0 saturated carbocycles. The number of nitrogens with zero attached hydrogens (tertiary/aromatic N) is 1. The van der Waals surface area contributed by atoms with E-state index in [1.165, 1.54) is 0 Å². The monoisotopic (exact) mass is 238 g/mol. The van der Waals surface area contributed by atoms with E-state index in [9.17, 15) is 9.18 Å². The summed E-state index contributed by atoms with van der Waals surface area (Å²) >= 11 is 2.75. The maximum absolute atomic E-state index is 13.0. The minimum absolute atomic E-state index is 0.293. The van der Waals surface area contributed by atoms with Gasteiger partial charge in [0.25, 0.3) is 0 Å². The number of esters is 1. The lowest BCUT2D eigenvalue weighted by molar-refractivity contribution is 0.0599. The number of hydrogen-bond acceptors (Lipinski definition) is 3. The first kappa shape index (κ1) is 4.32. The van der Waals surface area contributed by atoms with Crippen LogP contribution < -0.4 is 0 Å². The predicted octanol–water partition coefficient (Wildman–Crippen LogP) is 1.77. The molecule has 0 saturated heterocycles. The molecule has 0 amide bonds. The van der Waals surface area contributed by atoms with Gasteiger partial charge in [0.1, 0.15) is 0 Å². The average molecular weight is 239 g/mol. The highest BCUT2D eigenvalue weighted by Crippen LogP contribution is 2.16. The van der Waals surface area contributed by atoms with Crippen LogP contribution in [0, 0.1) is 5.95 Å². The molecular weight excluding hydrogens is 229 g/mol. The molecule has 64 valence electrons. The minimum atomic E-state index is -3.01. The molecule has 0 unspecified atom stereocenters. The number of rotatable bonds is 1. The summed E-state index contributed by atoms with van der Waals surface area (Å²) in [7, 11) is -3.01. The molecule has 1 rings (SSSR count). The molecule has 0 aromatic carbocycles. The molecule has 0 radical (unpaired) electrons. The first-order valence-corrected chi connectivity index (χ1v) is 3.48. The van der Waals surface area contributed by atoms with Gasteiger partial charge in [0, 0.05) is 12.2 Å². The lowest BCUT2D eigenvalue weighted by Crippen LogP contribution is -2.03. The third kappa shape index (κ3) is 1.79. The third-order valence-corrected chi connectivity index (χ3v) is 1.57. The van der Waals surface area contributed by atoms with Gasteiger partial charge in [-0.1, -0.05) is 0 Å². The molecule has 0 spiro atoms. The molecule has 0 aliphatic carbocycles. The van der Waals surface area contributed by atoms with Gasteiger partial charge in [-0.2, -0.15) is 4.39 Å². The minimum Gasteiger partial charge on any atom is -0.465 e. The van der Waals surface area contributed by atoms with Gasteiger partial charge in [0.2, 0.25) is 5.95 Å². The van der Waals surface area contributed by atoms with Gasteiger partial charge in [-0.15, -0.1) is 0 Å². The highest BCUT2D eigenvalue weighted by Gasteiger charge is 2.11. The van der Waals surface area contributed by atoms with Gasteiger partial charge in [-0.3, -0.25) is 0 Å². The second kappa shape index (κ2) is 3.62. The van der Waals surface area contributed by atoms with Crippen molar-refractivity contribution in [1.82, 2.24) is 4.98 Å². The summed E-state index contributed by atoms with van der Waals surface area (Å²) < 4.78 is 51.3. The number of carbonyl (C=O) groups is 1. The second-order valence-electron chi connectivity index (χ2n) is 1.72. The van der Waals surface area contributed by atoms with Crippen molar-refractivity contribution < 1.29 is 20.8 Å². The van der Waals surface area contributed by atoms with Gasteiger partial charge in [0.15, 0.2) is 0 Å². The molecular formula is C7H5BrFNO2. The lowest BCUT2D eigenvalue weighted by atomic mass is 10.3. The number of ether oxygens (including phenoxy) is 1. The SMILES string of the molecule is [2H]c1nc(F)c([2H])c(C(=O)OC([2H])([2H])[2H])c1Br. The fraction of sp³-hybridized carbons (Fsp3) is 0.143. The van der Waals surface area contributed by atoms with E-state index in [2.05, 4.69) is 25.7 Å². The Balaban J connectivity index is 3.27. The molecule has 0 atom stereocenters. The van der Waals surface area contributed by atoms with Gasteiger partial charge in [-0.05, 0) is 15.9 Å². The Morgan fingerprint density at radius 1 is 2.00 bits per heavy atom. The van der Waals surface area contributed by atoms with E-state index in [1.807, 2.05) is 0 Å². The Morgan fingerprint density at radius 2 is 2.75 bits per heavy atom. The van der Waals surface area contributed by atoms with E-state index in [1.54, 1.807) is 0 Å². The first-order chi connectivity index (χ1) is 7.63. The topological polar surface area (TPSA) is 39.2 Å². The van der Waals surface area contributed by atoms with E-state index < -0.39 is 36.7 Å². The largest absolute Gasteiger partial charge is 0.465 e. The molecule has 3 nitrogen and oxygen atoms in total. The van der Waals surface area contributed by atoms with Gasteiger partial charge in [0.05, 0.1) is 23.9 Å². The van der Waals surface area contributed by atoms with Crippen LogP contribution in [0.5, 0.6) is 0 Å². The van der Waals surface area contributed by atoms with Crippen LogP contribution in [-0.2, 0) is 4.74 Å². The zero-order chi connectivity index (χ0) is 13.4. The summed E-state index contributed by atoms with van der Waals surface area (Å²) in [6.45, 7) is 0. The Labute approximate surface area is 83.7 Å². The maximum Gasteiger partial charge on any atom is 0.339 e. The van der Waals surface area contributed by atoms with Gasteiger partial charge in [-0.25, -0.2) is 9.78 Å². The Bertz CT molecular complexity index is 452. The summed E-state index contributed by atoms with van der Waals surface area (Å²) in [5.41, 5.74) is -0.682. The summed E-state index contributed by atoms with van der Waals surface area (Å²) in [6, 6.07) is -0.929. The van der Waals surface area contributed by atoms with Gasteiger partial charge < -0.3 is 4.74 Å². The zero-order valence-corrected chi connectivity index (χ0v) is 7.11. The zero-order valence-electron chi connectivity index (χ0n) is 10.5. The van der Waals surface area contributed by atoms with Crippen molar-refractivity contribution in [3.05, 3.63) is 28.2 Å². The van der Waals surface area contributed by atoms with Crippen LogP contribution in [0.25, 0.3) is 0 Å². The maximum atomic E-state index is 13.0. The lowest BCUT2D eigenvalue weighted by Gasteiger charge is -2.00. The van der Waals surface area contributed by atoms with Crippen molar-refractivity contribution in [2.24, 2.45) is 0 Å². The number of carbonyl (C=O) groups excluding carboxylic acids is 1. The number of hydrogen-bond donors (Lipinski definition) is 0. The molecule has 0 aliphatic heterocycles. The van der Waals surface area contributed by atoms with E-state index in [0.29, 0.717) is 0 Å². The van der Waals surface area contributed by atoms with Crippen LogP contribution in [0.15, 0.2) is 16.7 Å². The summed E-state index contributed by atoms with van der Waals surface area (Å²) in [5.74, 6) is -2.77. The summed E-state index contributed by atoms with van der Waals surface area (Å²) in [4.78, 5) is 14.4. The smallest absolute Gasteiger partial charge is 0.339 e. The number of halogens is 2. The van der Waals surface area contributed by atoms with Crippen LogP contribution in [0.1, 0.15) is 17.2 Å². The number of pyridine rings is 1. The predicted molar refractivity (Wildman–Crippen MR) is 43.2 cm³/mol. The first-order valence-electron chi connectivity index (χ1n) is 5.19. The summed E-state index contributed by atoms with van der Waals surface area (Å²) in [6.07, 6.45) is -0.629. The fourth-order valence-corrected chi connectivity index (χ4v) is 0.881. The van der Waals surface area contributed by atoms with E-state index in [-0.39, 0.29) is 4.47 Å². The highest BCUT2D eigenvalue weighted by atomic mass is 79.9. The third-order valence-electron chi connectivity index (χ3n) is 0.997. The van der Waals surface area contributed by atoms with Crippen LogP contribution in [-0.4, -0.2) is 18.0 Å². The molecule has 1 aromatic heterocycles. The second-order valence-corrected chi connectivity index (χ2v) is 2.51. The van der Waals surface area contributed by atoms with E-state index in [4.69, 9.17) is 6.85 Å². The van der Waals surface area contributed by atoms with Crippen molar-refractivity contribution in [1.29, 1.82) is 0 Å². The molecule has 12 heavy (non-hydrogen) atoms. The van der Waals surface area contributed by atoms with Crippen molar-refractivity contribution in [3.8, 4) is 0 Å². The quantitative estimate of drug-likeness (QED) is 0.553. The van der Waals surface area contributed by atoms with Crippen molar-refractivity contribution in [2.45, 2.75) is 0 Å². The molecule has 1 heterocycles. The van der Waals surface area contributed by atoms with Crippen LogP contribution in [0.4, 0.5) is 4.39 Å². The standard InChI is InChI=1S/C7H5BrFNO2/c1-12-7(11)4-2-6(9)10-3-5(4)8/h2-3H,1H3/i1D3,2D,3D. The fourth-order valence-electron chi connectivity index (χ4n) is 0.532. The Hall–Kier alpha value is -0.970. The van der Waals surface area contributed by atoms with Crippen LogP contribution in [0.3, 0.4) is 0 Å². The Kier molecular flexibility index (Phi) is 1.30. The Morgan fingerprint density at radius 3 is 3.42 bits per heavy atom. The van der Waals surface area contributed by atoms with E-state index >= 15 is 0 Å². The molecule has 0 N–H and O–H groups in total. The summed E-state index contributed by atoms with van der Waals surface area (Å²) in [5, 5.41) is 0. The number of methoxy groups -OCH3 is 1. The van der Waals surface area contributed by atoms with E-state index in [0.717, 1.165) is 0 Å². The van der Waals surface area contributed by atoms with Crippen LogP contribution in [0.2, 0.25) is 0 Å². The molecule has 0 bridgehead atoms. The van der Waals surface area contributed by atoms with Crippen molar-refractivity contribution in [3.63, 3.8) is 0 Å². The molecule has 1 aromatic rings. The van der Waals surface area contributed by atoms with Crippen molar-refractivity contribution in [2.75, 3.05) is 7.04 Å². The van der Waals surface area contributed by atoms with Crippen molar-refractivity contribution >= 4 is 21.9 Å². The molecule has 0 fully saturated rings. The van der Waals surface area contributed by atoms with Crippen LogP contribution >= 0.6 is 15.9 Å². The van der Waals surface area contributed by atoms with Gasteiger partial charge >= 0.3 is 5.97 Å². The molecule has 5 heteroatoms.